The van der Waals surface area contributed by atoms with Gasteiger partial charge in [-0.25, -0.2) is 4.98 Å². The average molecular weight is 961 g/mol. The zero-order chi connectivity index (χ0) is 49.6. The Morgan fingerprint density at radius 3 is 2.33 bits per heavy atom. The number of hydrogen-bond donors (Lipinski definition) is 6. The van der Waals surface area contributed by atoms with Crippen LogP contribution in [0.3, 0.4) is 0 Å². The number of thiazole rings is 1. The molecule has 3 aliphatic rings. The predicted molar refractivity (Wildman–Crippen MR) is 264 cm³/mol. The number of nitrogens with two attached hydrogens (primary N) is 1. The third kappa shape index (κ3) is 12.2. The number of hydrogen-bond acceptors (Lipinski definition) is 10. The van der Waals surface area contributed by atoms with E-state index in [9.17, 15) is 38.7 Å². The van der Waals surface area contributed by atoms with E-state index >= 15 is 0 Å². The monoisotopic (exact) mass is 960 g/mol. The minimum absolute atomic E-state index is 0.0316. The number of primary amides is 1. The maximum Gasteiger partial charge on any atom is 0.246 e. The number of carbonyl (C=O) groups is 7. The Hall–Kier alpha value is -6.46. The fraction of sp³-hybridized carbons (Fsp3) is 0.462. The van der Waals surface area contributed by atoms with Crippen LogP contribution in [0, 0.1) is 12.3 Å². The lowest BCUT2D eigenvalue weighted by molar-refractivity contribution is -0.144. The highest BCUT2D eigenvalue weighted by atomic mass is 32.1. The molecule has 69 heavy (non-hydrogen) atoms. The Labute approximate surface area is 407 Å². The number of carbonyl (C=O) groups excluding carboxylic acids is 7. The summed E-state index contributed by atoms with van der Waals surface area (Å²) in [7, 11) is 0. The van der Waals surface area contributed by atoms with Crippen molar-refractivity contribution >= 4 is 64.1 Å². The van der Waals surface area contributed by atoms with E-state index in [0.29, 0.717) is 44.2 Å². The van der Waals surface area contributed by atoms with Gasteiger partial charge < -0.3 is 37.0 Å². The number of benzene rings is 3. The van der Waals surface area contributed by atoms with E-state index in [2.05, 4.69) is 26.3 Å². The molecule has 0 spiro atoms. The molecule has 0 unspecified atom stereocenters. The number of rotatable bonds is 18. The minimum atomic E-state index is -1.10. The van der Waals surface area contributed by atoms with Crippen LogP contribution in [0.1, 0.15) is 113 Å². The van der Waals surface area contributed by atoms with Crippen molar-refractivity contribution in [3.63, 3.8) is 0 Å². The molecule has 3 aromatic carbocycles. The minimum Gasteiger partial charge on any atom is -0.391 e. The number of anilines is 2. The second-order valence-electron chi connectivity index (χ2n) is 19.6. The van der Waals surface area contributed by atoms with Crippen LogP contribution in [0.5, 0.6) is 0 Å². The van der Waals surface area contributed by atoms with Crippen molar-refractivity contribution < 1.29 is 38.7 Å². The summed E-state index contributed by atoms with van der Waals surface area (Å²) in [6.45, 7) is 9.33. The van der Waals surface area contributed by atoms with Gasteiger partial charge in [0.1, 0.15) is 24.2 Å². The van der Waals surface area contributed by atoms with Gasteiger partial charge in [-0.05, 0) is 97.7 Å². The normalized spacial score (nSPS) is 18.9. The van der Waals surface area contributed by atoms with E-state index in [1.807, 2.05) is 94.7 Å². The van der Waals surface area contributed by atoms with E-state index < -0.39 is 59.3 Å². The first-order valence-electron chi connectivity index (χ1n) is 23.9. The quantitative estimate of drug-likeness (QED) is 0.0720. The van der Waals surface area contributed by atoms with E-state index in [-0.39, 0.29) is 56.0 Å². The summed E-state index contributed by atoms with van der Waals surface area (Å²) in [5.41, 5.74) is 13.5. The Bertz CT molecular complexity index is 2570. The van der Waals surface area contributed by atoms with Crippen LogP contribution >= 0.6 is 11.3 Å². The Kier molecular flexibility index (Phi) is 16.0. The fourth-order valence-corrected chi connectivity index (χ4v) is 10.4. The van der Waals surface area contributed by atoms with Crippen molar-refractivity contribution in [2.24, 2.45) is 11.1 Å². The SMILES string of the molecule is Cc1ncsc1-c1ccc([C@H](C)NC(=O)[C@@H]2C[C@@H](O)CN2C(=O)[C@@H](NC(=O)CCCCc2cccc(NC(=O)[C@H](CCC(N)=O)NC(=O)[C@@H]3Cc4cccc5c4N3C(=O)CCC5)c2)C(C)(C)C)cc1. The van der Waals surface area contributed by atoms with Gasteiger partial charge in [0.05, 0.1) is 33.9 Å². The van der Waals surface area contributed by atoms with Gasteiger partial charge in [0.15, 0.2) is 0 Å². The molecule has 3 aliphatic heterocycles. The van der Waals surface area contributed by atoms with Crippen molar-refractivity contribution in [2.45, 2.75) is 142 Å². The maximum absolute atomic E-state index is 14.2. The zero-order valence-electron chi connectivity index (χ0n) is 40.0. The summed E-state index contributed by atoms with van der Waals surface area (Å²) >= 11 is 1.56. The molecule has 7 N–H and O–H groups in total. The zero-order valence-corrected chi connectivity index (χ0v) is 40.8. The summed E-state index contributed by atoms with van der Waals surface area (Å²) in [6.07, 6.45) is 2.88. The van der Waals surface area contributed by atoms with E-state index in [1.165, 1.54) is 4.90 Å². The molecule has 6 atom stereocenters. The molecule has 1 fully saturated rings. The summed E-state index contributed by atoms with van der Waals surface area (Å²) < 4.78 is 0. The predicted octanol–water partition coefficient (Wildman–Crippen LogP) is 5.18. The molecule has 17 heteroatoms. The summed E-state index contributed by atoms with van der Waals surface area (Å²) in [4.78, 5) is 102. The van der Waals surface area contributed by atoms with E-state index in [1.54, 1.807) is 28.4 Å². The molecule has 0 radical (unpaired) electrons. The lowest BCUT2D eigenvalue weighted by Gasteiger charge is -2.35. The van der Waals surface area contributed by atoms with Crippen molar-refractivity contribution in [1.29, 1.82) is 0 Å². The van der Waals surface area contributed by atoms with Crippen LogP contribution in [0.15, 0.2) is 72.2 Å². The summed E-state index contributed by atoms with van der Waals surface area (Å²) in [6, 6.07) is 16.8. The van der Waals surface area contributed by atoms with Crippen LogP contribution in [0.2, 0.25) is 0 Å². The molecule has 0 saturated carbocycles. The fourth-order valence-electron chi connectivity index (χ4n) is 9.56. The number of unbranched alkanes of at least 4 members (excludes halogenated alkanes) is 1. The van der Waals surface area contributed by atoms with Gasteiger partial charge >= 0.3 is 0 Å². The number of aliphatic hydroxyl groups excluding tert-OH is 1. The molecule has 16 nitrogen and oxygen atoms in total. The van der Waals surface area contributed by atoms with Gasteiger partial charge in [0.25, 0.3) is 0 Å². The molecular weight excluding hydrogens is 897 g/mol. The lowest BCUT2D eigenvalue weighted by Crippen LogP contribution is -2.57. The molecule has 366 valence electrons. The molecule has 4 aromatic rings. The lowest BCUT2D eigenvalue weighted by atomic mass is 9.85. The number of para-hydroxylation sites is 1. The Morgan fingerprint density at radius 2 is 1.62 bits per heavy atom. The van der Waals surface area contributed by atoms with Gasteiger partial charge in [-0.3, -0.25) is 38.5 Å². The topological polar surface area (TPSA) is 233 Å². The van der Waals surface area contributed by atoms with Gasteiger partial charge in [0.2, 0.25) is 41.4 Å². The highest BCUT2D eigenvalue weighted by Crippen LogP contribution is 2.39. The Morgan fingerprint density at radius 1 is 0.899 bits per heavy atom. The number of nitrogens with one attached hydrogen (secondary N) is 4. The van der Waals surface area contributed by atoms with Gasteiger partial charge in [-0.15, -0.1) is 11.3 Å². The van der Waals surface area contributed by atoms with E-state index in [4.69, 9.17) is 5.73 Å². The third-order valence-electron chi connectivity index (χ3n) is 13.3. The highest BCUT2D eigenvalue weighted by Gasteiger charge is 2.45. The molecule has 0 bridgehead atoms. The van der Waals surface area contributed by atoms with Crippen LogP contribution in [0.4, 0.5) is 11.4 Å². The van der Waals surface area contributed by atoms with Crippen molar-refractivity contribution in [1.82, 2.24) is 25.8 Å². The summed E-state index contributed by atoms with van der Waals surface area (Å²) in [5, 5.41) is 22.3. The van der Waals surface area contributed by atoms with E-state index in [0.717, 1.165) is 50.5 Å². The summed E-state index contributed by atoms with van der Waals surface area (Å²) in [5.74, 6) is -2.91. The van der Waals surface area contributed by atoms with Crippen LogP contribution in [-0.4, -0.2) is 93.2 Å². The molecule has 7 rings (SSSR count). The Balaban J connectivity index is 0.904. The second kappa shape index (κ2) is 21.9. The smallest absolute Gasteiger partial charge is 0.246 e. The second-order valence-corrected chi connectivity index (χ2v) is 20.5. The highest BCUT2D eigenvalue weighted by molar-refractivity contribution is 7.13. The average Bonchev–Trinajstić information content (AvgIpc) is 4.01. The third-order valence-corrected chi connectivity index (χ3v) is 14.2. The number of aromatic nitrogens is 1. The van der Waals surface area contributed by atoms with Gasteiger partial charge in [-0.1, -0.05) is 75.4 Å². The molecule has 1 saturated heterocycles. The number of aryl methyl sites for hydroxylation is 3. The molecule has 0 aliphatic carbocycles. The number of nitrogens with zero attached hydrogens (tertiary/aromatic N) is 3. The standard InChI is InChI=1S/C52H64N8O8S/c1-30(33-19-21-35(22-20-33)46-31(2)54-29-69-46)55-49(66)40-27-38(61)28-59(40)51(68)47(52(3,4)5)58-43(63)17-7-6-11-32-12-8-16-37(25-32)56-48(65)39(23-24-42(53)62)57-50(67)41-26-36-15-9-13-34-14-10-18-44(64)60(41)45(34)36/h8-9,12-13,15-16,19-22,25,29-30,38-41,47,61H,6-7,10-11,14,17-18,23-24,26-28H2,1-5H3,(H2,53,62)(H,55,66)(H,56,65)(H,57,67)(H,58,63)/t30-,38+,39-,40-,41-,47+/m0/s1. The van der Waals surface area contributed by atoms with Crippen molar-refractivity contribution in [3.8, 4) is 10.4 Å². The van der Waals surface area contributed by atoms with Crippen LogP contribution in [0.25, 0.3) is 10.4 Å². The van der Waals surface area contributed by atoms with Crippen LogP contribution in [-0.2, 0) is 52.8 Å². The maximum atomic E-state index is 14.2. The molecular formula is C52H64N8O8S. The van der Waals surface area contributed by atoms with Gasteiger partial charge in [-0.2, -0.15) is 0 Å². The molecule has 7 amide bonds. The largest absolute Gasteiger partial charge is 0.391 e. The molecule has 4 heterocycles. The van der Waals surface area contributed by atoms with Crippen molar-refractivity contribution in [3.05, 3.63) is 100 Å². The first-order valence-corrected chi connectivity index (χ1v) is 24.8. The first-order chi connectivity index (χ1) is 32.9. The number of aliphatic hydroxyl groups is 1. The number of amides is 7. The van der Waals surface area contributed by atoms with Crippen molar-refractivity contribution in [2.75, 3.05) is 16.8 Å². The number of β-amino-alcohol motifs (C(OH)–C–C–N with tert-alkyl or cyclic N) is 1. The van der Waals surface area contributed by atoms with Crippen LogP contribution < -0.4 is 31.9 Å². The number of likely N-dealkylation sites (tertiary alicyclic amines) is 1. The first kappa shape index (κ1) is 50.4. The van der Waals surface area contributed by atoms with Gasteiger partial charge in [0, 0.05) is 44.3 Å². The molecule has 1 aromatic heterocycles.